The highest BCUT2D eigenvalue weighted by Crippen LogP contribution is 2.20. The van der Waals surface area contributed by atoms with Gasteiger partial charge < -0.3 is 4.90 Å². The molecule has 0 radical (unpaired) electrons. The second-order valence-electron chi connectivity index (χ2n) is 5.82. The molecule has 1 aromatic heterocycles. The highest BCUT2D eigenvalue weighted by molar-refractivity contribution is 7.89. The van der Waals surface area contributed by atoms with Gasteiger partial charge in [0.1, 0.15) is 0 Å². The zero-order chi connectivity index (χ0) is 19.3. The summed E-state index contributed by atoms with van der Waals surface area (Å²) in [6.45, 7) is 1.65. The van der Waals surface area contributed by atoms with Crippen molar-refractivity contribution in [2.75, 3.05) is 31.1 Å². The van der Waals surface area contributed by atoms with Crippen LogP contribution in [0.15, 0.2) is 53.7 Å². The van der Waals surface area contributed by atoms with Crippen LogP contribution in [0.5, 0.6) is 0 Å². The fraction of sp³-hybridized carbons (Fsp3) is 0.235. The first kappa shape index (κ1) is 19.0. The van der Waals surface area contributed by atoms with Crippen molar-refractivity contribution >= 4 is 28.0 Å². The molecule has 2 N–H and O–H groups in total. The summed E-state index contributed by atoms with van der Waals surface area (Å²) in [7, 11) is -3.65. The third-order valence-electron chi connectivity index (χ3n) is 4.11. The highest BCUT2D eigenvalue weighted by atomic mass is 32.2. The summed E-state index contributed by atoms with van der Waals surface area (Å²) in [4.78, 5) is 21.5. The van der Waals surface area contributed by atoms with Crippen LogP contribution >= 0.6 is 0 Å². The number of hydroxylamine groups is 1. The molecule has 142 valence electrons. The van der Waals surface area contributed by atoms with Crippen molar-refractivity contribution in [2.24, 2.45) is 0 Å². The summed E-state index contributed by atoms with van der Waals surface area (Å²) in [6, 6.07) is 8.02. The van der Waals surface area contributed by atoms with Crippen molar-refractivity contribution in [2.45, 2.75) is 4.90 Å². The average Bonchev–Trinajstić information content (AvgIpc) is 2.73. The molecule has 1 saturated heterocycles. The smallest absolute Gasteiger partial charge is 0.267 e. The van der Waals surface area contributed by atoms with Crippen LogP contribution in [-0.2, 0) is 14.8 Å². The van der Waals surface area contributed by atoms with Gasteiger partial charge in [-0.05, 0) is 29.8 Å². The van der Waals surface area contributed by atoms with E-state index in [1.807, 2.05) is 4.90 Å². The molecule has 1 amide bonds. The van der Waals surface area contributed by atoms with Gasteiger partial charge in [0.25, 0.3) is 5.91 Å². The van der Waals surface area contributed by atoms with Gasteiger partial charge in [0.05, 0.1) is 4.90 Å². The van der Waals surface area contributed by atoms with Gasteiger partial charge in [-0.3, -0.25) is 10.0 Å². The zero-order valence-electron chi connectivity index (χ0n) is 14.4. The molecule has 0 bridgehead atoms. The van der Waals surface area contributed by atoms with E-state index >= 15 is 0 Å². The highest BCUT2D eigenvalue weighted by Gasteiger charge is 2.29. The van der Waals surface area contributed by atoms with Crippen LogP contribution in [0.3, 0.4) is 0 Å². The van der Waals surface area contributed by atoms with E-state index < -0.39 is 15.9 Å². The number of sulfonamides is 1. The first-order valence-corrected chi connectivity index (χ1v) is 9.69. The number of amides is 1. The van der Waals surface area contributed by atoms with Gasteiger partial charge in [0.2, 0.25) is 16.0 Å². The number of carbonyl (C=O) groups is 1. The van der Waals surface area contributed by atoms with Crippen molar-refractivity contribution in [3.8, 4) is 0 Å². The largest absolute Gasteiger partial charge is 0.338 e. The van der Waals surface area contributed by atoms with Gasteiger partial charge in [-0.15, -0.1) is 0 Å². The van der Waals surface area contributed by atoms with Gasteiger partial charge in [-0.25, -0.2) is 23.9 Å². The maximum atomic E-state index is 12.9. The van der Waals surface area contributed by atoms with Crippen molar-refractivity contribution in [1.29, 1.82) is 0 Å². The predicted molar refractivity (Wildman–Crippen MR) is 98.4 cm³/mol. The predicted octanol–water partition coefficient (Wildman–Crippen LogP) is 0.506. The molecule has 2 heterocycles. The molecule has 3 rings (SSSR count). The molecule has 0 atom stereocenters. The molecule has 27 heavy (non-hydrogen) atoms. The minimum Gasteiger partial charge on any atom is -0.338 e. The number of hydrogen-bond acceptors (Lipinski definition) is 7. The Hall–Kier alpha value is -2.82. The summed E-state index contributed by atoms with van der Waals surface area (Å²) in [5, 5.41) is 8.50. The number of benzene rings is 1. The Balaban J connectivity index is 1.72. The van der Waals surface area contributed by atoms with Crippen molar-refractivity contribution in [3.05, 3.63) is 54.4 Å². The van der Waals surface area contributed by atoms with Crippen LogP contribution < -0.4 is 10.4 Å². The molecule has 0 spiro atoms. The minimum atomic E-state index is -3.65. The molecule has 1 aromatic carbocycles. The second-order valence-corrected chi connectivity index (χ2v) is 7.76. The Kier molecular flexibility index (Phi) is 5.79. The van der Waals surface area contributed by atoms with Gasteiger partial charge in [-0.2, -0.15) is 4.31 Å². The number of anilines is 1. The van der Waals surface area contributed by atoms with Gasteiger partial charge in [-0.1, -0.05) is 12.1 Å². The summed E-state index contributed by atoms with van der Waals surface area (Å²) < 4.78 is 27.2. The number of carbonyl (C=O) groups excluding carboxylic acids is 1. The number of rotatable bonds is 5. The molecule has 0 unspecified atom stereocenters. The number of piperazine rings is 1. The number of hydrogen-bond donors (Lipinski definition) is 2. The topological polar surface area (TPSA) is 116 Å². The third kappa shape index (κ3) is 4.48. The molecule has 0 saturated carbocycles. The molecule has 9 nitrogen and oxygen atoms in total. The first-order valence-electron chi connectivity index (χ1n) is 8.25. The van der Waals surface area contributed by atoms with Crippen LogP contribution in [0, 0.1) is 0 Å². The normalized spacial score (nSPS) is 15.8. The summed E-state index contributed by atoms with van der Waals surface area (Å²) in [5.74, 6) is -0.105. The van der Waals surface area contributed by atoms with Crippen molar-refractivity contribution in [1.82, 2.24) is 19.8 Å². The van der Waals surface area contributed by atoms with E-state index in [0.717, 1.165) is 6.08 Å². The summed E-state index contributed by atoms with van der Waals surface area (Å²) in [5.41, 5.74) is 2.02. The molecule has 1 aliphatic rings. The molecule has 10 heteroatoms. The quantitative estimate of drug-likeness (QED) is 0.435. The summed E-state index contributed by atoms with van der Waals surface area (Å²) >= 11 is 0. The lowest BCUT2D eigenvalue weighted by Crippen LogP contribution is -2.49. The molecule has 1 aliphatic heterocycles. The van der Waals surface area contributed by atoms with E-state index in [4.69, 9.17) is 5.21 Å². The first-order chi connectivity index (χ1) is 13.0. The Morgan fingerprint density at radius 2 is 1.81 bits per heavy atom. The Morgan fingerprint density at radius 1 is 1.11 bits per heavy atom. The number of nitrogens with one attached hydrogen (secondary N) is 1. The summed E-state index contributed by atoms with van der Waals surface area (Å²) in [6.07, 6.45) is 5.85. The maximum absolute atomic E-state index is 12.9. The van der Waals surface area contributed by atoms with Crippen LogP contribution in [0.4, 0.5) is 5.95 Å². The zero-order valence-corrected chi connectivity index (χ0v) is 15.2. The molecule has 2 aromatic rings. The van der Waals surface area contributed by atoms with Gasteiger partial charge in [0.15, 0.2) is 0 Å². The Labute approximate surface area is 157 Å². The molecular weight excluding hydrogens is 370 g/mol. The van der Waals surface area contributed by atoms with Crippen LogP contribution in [0.1, 0.15) is 5.56 Å². The second kappa shape index (κ2) is 8.25. The number of aromatic nitrogens is 2. The lowest BCUT2D eigenvalue weighted by atomic mass is 10.2. The van der Waals surface area contributed by atoms with Crippen molar-refractivity contribution in [3.63, 3.8) is 0 Å². The monoisotopic (exact) mass is 389 g/mol. The van der Waals surface area contributed by atoms with Crippen LogP contribution in [0.2, 0.25) is 0 Å². The average molecular weight is 389 g/mol. The van der Waals surface area contributed by atoms with Crippen LogP contribution in [-0.4, -0.2) is 60.0 Å². The molecule has 1 fully saturated rings. The Morgan fingerprint density at radius 3 is 2.48 bits per heavy atom. The van der Waals surface area contributed by atoms with Gasteiger partial charge >= 0.3 is 0 Å². The van der Waals surface area contributed by atoms with E-state index in [1.54, 1.807) is 30.6 Å². The van der Waals surface area contributed by atoms with E-state index in [0.29, 0.717) is 37.7 Å². The van der Waals surface area contributed by atoms with Crippen LogP contribution in [0.25, 0.3) is 6.08 Å². The SMILES string of the molecule is O=C(C=Cc1cccc(S(=O)(=O)N2CCN(c3ncccn3)CC2)c1)NO. The maximum Gasteiger partial charge on any atom is 0.267 e. The molecular formula is C17H19N5O4S. The standard InChI is InChI=1S/C17H19N5O4S/c23-16(20-24)6-5-14-3-1-4-15(13-14)27(25,26)22-11-9-21(10-12-22)17-18-7-2-8-19-17/h1-8,13,24H,9-12H2,(H,20,23). The fourth-order valence-corrected chi connectivity index (χ4v) is 4.20. The van der Waals surface area contributed by atoms with Crippen molar-refractivity contribution < 1.29 is 18.4 Å². The van der Waals surface area contributed by atoms with E-state index in [2.05, 4.69) is 9.97 Å². The van der Waals surface area contributed by atoms with E-state index in [9.17, 15) is 13.2 Å². The minimum absolute atomic E-state index is 0.151. The lowest BCUT2D eigenvalue weighted by Gasteiger charge is -2.33. The Bertz CT molecular complexity index is 925. The van der Waals surface area contributed by atoms with E-state index in [-0.39, 0.29) is 4.90 Å². The van der Waals surface area contributed by atoms with Gasteiger partial charge in [0, 0.05) is 44.6 Å². The fourth-order valence-electron chi connectivity index (χ4n) is 2.72. The molecule has 0 aliphatic carbocycles. The number of nitrogens with zero attached hydrogens (tertiary/aromatic N) is 4. The third-order valence-corrected chi connectivity index (χ3v) is 6.00. The van der Waals surface area contributed by atoms with E-state index in [1.165, 1.54) is 28.0 Å². The lowest BCUT2D eigenvalue weighted by molar-refractivity contribution is -0.124.